The second-order valence-corrected chi connectivity index (χ2v) is 8.21. The highest BCUT2D eigenvalue weighted by molar-refractivity contribution is 5.86. The molecule has 1 saturated heterocycles. The van der Waals surface area contributed by atoms with Gasteiger partial charge < -0.3 is 15.5 Å². The van der Waals surface area contributed by atoms with Gasteiger partial charge >= 0.3 is 0 Å². The van der Waals surface area contributed by atoms with E-state index in [1.54, 1.807) is 7.11 Å². The number of fused-ring (bicyclic) bond motifs is 2. The van der Waals surface area contributed by atoms with Crippen LogP contribution in [0.1, 0.15) is 24.0 Å². The molecular formula is C24H29N5O. The van der Waals surface area contributed by atoms with E-state index in [1.165, 1.54) is 35.9 Å². The molecule has 156 valence electrons. The van der Waals surface area contributed by atoms with Crippen molar-refractivity contribution in [3.63, 3.8) is 0 Å². The fourth-order valence-corrected chi connectivity index (χ4v) is 4.76. The number of imidazole rings is 1. The number of ether oxygens (including phenoxy) is 1. The van der Waals surface area contributed by atoms with Crippen LogP contribution in [0.4, 0.5) is 0 Å². The molecule has 1 aliphatic heterocycles. The highest BCUT2D eigenvalue weighted by Gasteiger charge is 2.25. The molecule has 2 aromatic heterocycles. The van der Waals surface area contributed by atoms with Gasteiger partial charge in [-0.15, -0.1) is 0 Å². The summed E-state index contributed by atoms with van der Waals surface area (Å²) in [5.41, 5.74) is 12.7. The number of H-pyrrole nitrogens is 1. The second kappa shape index (κ2) is 8.22. The van der Waals surface area contributed by atoms with Crippen LogP contribution in [0.3, 0.4) is 0 Å². The van der Waals surface area contributed by atoms with Crippen molar-refractivity contribution >= 4 is 21.9 Å². The predicted molar refractivity (Wildman–Crippen MR) is 121 cm³/mol. The Labute approximate surface area is 176 Å². The summed E-state index contributed by atoms with van der Waals surface area (Å²) in [6.07, 6.45) is 7.68. The third-order valence-electron chi connectivity index (χ3n) is 6.41. The lowest BCUT2D eigenvalue weighted by molar-refractivity contribution is 0.141. The number of nitrogens with two attached hydrogens (primary N) is 1. The standard InChI is InChI=1S/C24H29N5O/c1-30-10-9-28-8-2-3-19(28)12-18-15-26-22-6-5-20(13-21(18)22)29-16-27-23-11-17(14-25)4-7-24(23)29/h4-7,11,13,15-16,19,26H,2-3,8-10,12,14,25H2,1H3. The zero-order valence-electron chi connectivity index (χ0n) is 17.5. The number of likely N-dealkylation sites (tertiary alicyclic amines) is 1. The van der Waals surface area contributed by atoms with Gasteiger partial charge in [-0.05, 0) is 67.3 Å². The first-order chi connectivity index (χ1) is 14.8. The Morgan fingerprint density at radius 1 is 1.23 bits per heavy atom. The van der Waals surface area contributed by atoms with Crippen molar-refractivity contribution in [1.82, 2.24) is 19.4 Å². The summed E-state index contributed by atoms with van der Waals surface area (Å²) in [5.74, 6) is 0. The molecule has 1 aliphatic rings. The molecule has 0 radical (unpaired) electrons. The van der Waals surface area contributed by atoms with E-state index in [9.17, 15) is 0 Å². The van der Waals surface area contributed by atoms with E-state index >= 15 is 0 Å². The summed E-state index contributed by atoms with van der Waals surface area (Å²) < 4.78 is 7.46. The van der Waals surface area contributed by atoms with E-state index in [0.717, 1.165) is 41.9 Å². The highest BCUT2D eigenvalue weighted by Crippen LogP contribution is 2.28. The summed E-state index contributed by atoms with van der Waals surface area (Å²) in [5, 5.41) is 1.30. The Kier molecular flexibility index (Phi) is 5.29. The predicted octanol–water partition coefficient (Wildman–Crippen LogP) is 3.62. The molecular weight excluding hydrogens is 374 g/mol. The summed E-state index contributed by atoms with van der Waals surface area (Å²) in [4.78, 5) is 10.6. The number of hydrogen-bond donors (Lipinski definition) is 2. The van der Waals surface area contributed by atoms with Gasteiger partial charge in [0.15, 0.2) is 0 Å². The molecule has 1 unspecified atom stereocenters. The van der Waals surface area contributed by atoms with Crippen molar-refractivity contribution in [2.45, 2.75) is 31.8 Å². The molecule has 30 heavy (non-hydrogen) atoms. The number of nitrogens with zero attached hydrogens (tertiary/aromatic N) is 3. The Bertz CT molecular complexity index is 1160. The maximum Gasteiger partial charge on any atom is 0.100 e. The Balaban J connectivity index is 1.46. The molecule has 3 N–H and O–H groups in total. The van der Waals surface area contributed by atoms with Crippen LogP contribution >= 0.6 is 0 Å². The van der Waals surface area contributed by atoms with E-state index in [4.69, 9.17) is 10.5 Å². The second-order valence-electron chi connectivity index (χ2n) is 8.21. The molecule has 0 bridgehead atoms. The molecule has 1 fully saturated rings. The number of aromatic amines is 1. The van der Waals surface area contributed by atoms with Crippen LogP contribution in [0.25, 0.3) is 27.6 Å². The minimum absolute atomic E-state index is 0.532. The third-order valence-corrected chi connectivity index (χ3v) is 6.41. The lowest BCUT2D eigenvalue weighted by Gasteiger charge is -2.23. The molecule has 0 aliphatic carbocycles. The fraction of sp³-hybridized carbons (Fsp3) is 0.375. The van der Waals surface area contributed by atoms with Crippen molar-refractivity contribution in [2.75, 3.05) is 26.8 Å². The zero-order chi connectivity index (χ0) is 20.5. The highest BCUT2D eigenvalue weighted by atomic mass is 16.5. The van der Waals surface area contributed by atoms with E-state index in [0.29, 0.717) is 12.6 Å². The Morgan fingerprint density at radius 3 is 3.03 bits per heavy atom. The maximum atomic E-state index is 5.78. The van der Waals surface area contributed by atoms with Crippen molar-refractivity contribution < 1.29 is 4.74 Å². The Hall–Kier alpha value is -2.67. The van der Waals surface area contributed by atoms with Gasteiger partial charge in [-0.2, -0.15) is 0 Å². The molecule has 0 spiro atoms. The molecule has 0 amide bonds. The number of methoxy groups -OCH3 is 1. The third kappa shape index (κ3) is 3.51. The molecule has 2 aromatic carbocycles. The summed E-state index contributed by atoms with van der Waals surface area (Å²) >= 11 is 0. The zero-order valence-corrected chi connectivity index (χ0v) is 17.5. The summed E-state index contributed by atoms with van der Waals surface area (Å²) in [6.45, 7) is 3.52. The van der Waals surface area contributed by atoms with Crippen molar-refractivity contribution in [3.05, 3.63) is 60.0 Å². The van der Waals surface area contributed by atoms with Gasteiger partial charge in [0.25, 0.3) is 0 Å². The van der Waals surface area contributed by atoms with Crippen molar-refractivity contribution in [1.29, 1.82) is 0 Å². The van der Waals surface area contributed by atoms with E-state index in [1.807, 2.05) is 6.33 Å². The average Bonchev–Trinajstić information content (AvgIpc) is 3.50. The van der Waals surface area contributed by atoms with Gasteiger partial charge in [0, 0.05) is 49.0 Å². The first-order valence-corrected chi connectivity index (χ1v) is 10.8. The van der Waals surface area contributed by atoms with Crippen LogP contribution in [0.2, 0.25) is 0 Å². The van der Waals surface area contributed by atoms with Crippen LogP contribution < -0.4 is 5.73 Å². The number of aromatic nitrogens is 3. The van der Waals surface area contributed by atoms with E-state index in [-0.39, 0.29) is 0 Å². The van der Waals surface area contributed by atoms with Crippen LogP contribution in [-0.4, -0.2) is 52.3 Å². The van der Waals surface area contributed by atoms with Gasteiger partial charge in [-0.1, -0.05) is 6.07 Å². The van der Waals surface area contributed by atoms with Gasteiger partial charge in [-0.3, -0.25) is 9.47 Å². The van der Waals surface area contributed by atoms with E-state index < -0.39 is 0 Å². The topological polar surface area (TPSA) is 72.1 Å². The van der Waals surface area contributed by atoms with Gasteiger partial charge in [0.2, 0.25) is 0 Å². The molecule has 5 rings (SSSR count). The van der Waals surface area contributed by atoms with Crippen LogP contribution in [0.5, 0.6) is 0 Å². The quantitative estimate of drug-likeness (QED) is 0.494. The van der Waals surface area contributed by atoms with Gasteiger partial charge in [0.05, 0.1) is 17.6 Å². The van der Waals surface area contributed by atoms with E-state index in [2.05, 4.69) is 62.0 Å². The number of benzene rings is 2. The molecule has 6 heteroatoms. The fourth-order valence-electron chi connectivity index (χ4n) is 4.76. The average molecular weight is 404 g/mol. The number of hydrogen-bond acceptors (Lipinski definition) is 4. The first kappa shape index (κ1) is 19.3. The lowest BCUT2D eigenvalue weighted by atomic mass is 10.0. The SMILES string of the molecule is COCCN1CCCC1Cc1c[nH]c2ccc(-n3cnc4cc(CN)ccc43)cc12. The maximum absolute atomic E-state index is 5.78. The van der Waals surface area contributed by atoms with Crippen molar-refractivity contribution in [3.8, 4) is 5.69 Å². The summed E-state index contributed by atoms with van der Waals surface area (Å²) in [7, 11) is 1.78. The van der Waals surface area contributed by atoms with Crippen molar-refractivity contribution in [2.24, 2.45) is 5.73 Å². The van der Waals surface area contributed by atoms with Crippen LogP contribution in [-0.2, 0) is 17.7 Å². The minimum Gasteiger partial charge on any atom is -0.383 e. The minimum atomic E-state index is 0.532. The van der Waals surface area contributed by atoms with Crippen LogP contribution in [0.15, 0.2) is 48.9 Å². The van der Waals surface area contributed by atoms with Crippen LogP contribution in [0, 0.1) is 0 Å². The Morgan fingerprint density at radius 2 is 2.17 bits per heavy atom. The van der Waals surface area contributed by atoms with Gasteiger partial charge in [0.1, 0.15) is 6.33 Å². The monoisotopic (exact) mass is 403 g/mol. The molecule has 1 atom stereocenters. The smallest absolute Gasteiger partial charge is 0.100 e. The molecule has 6 nitrogen and oxygen atoms in total. The molecule has 3 heterocycles. The summed E-state index contributed by atoms with van der Waals surface area (Å²) in [6, 6.07) is 13.5. The number of nitrogens with one attached hydrogen (secondary N) is 1. The molecule has 0 saturated carbocycles. The normalized spacial score (nSPS) is 17.5. The lowest BCUT2D eigenvalue weighted by Crippen LogP contribution is -2.33. The number of rotatable bonds is 7. The molecule has 4 aromatic rings. The largest absolute Gasteiger partial charge is 0.383 e. The first-order valence-electron chi connectivity index (χ1n) is 10.8. The van der Waals surface area contributed by atoms with Gasteiger partial charge in [-0.25, -0.2) is 4.98 Å².